The van der Waals surface area contributed by atoms with Crippen LogP contribution in [0, 0.1) is 6.92 Å². The van der Waals surface area contributed by atoms with Crippen LogP contribution in [-0.4, -0.2) is 29.6 Å². The lowest BCUT2D eigenvalue weighted by Gasteiger charge is -2.13. The number of aliphatic hydroxyl groups excluding tert-OH is 1. The molecule has 1 unspecified atom stereocenters. The van der Waals surface area contributed by atoms with Crippen LogP contribution in [-0.2, 0) is 0 Å². The Balaban J connectivity index is 1.49. The summed E-state index contributed by atoms with van der Waals surface area (Å²) in [4.78, 5) is 23.9. The lowest BCUT2D eigenvalue weighted by Crippen LogP contribution is -2.30. The summed E-state index contributed by atoms with van der Waals surface area (Å²) in [6.45, 7) is 2.11. The van der Waals surface area contributed by atoms with Crippen molar-refractivity contribution in [1.29, 1.82) is 0 Å². The minimum Gasteiger partial charge on any atom is -0.387 e. The first kappa shape index (κ1) is 17.9. The summed E-state index contributed by atoms with van der Waals surface area (Å²) in [5.74, 6) is -0.273. The van der Waals surface area contributed by atoms with E-state index in [1.54, 1.807) is 24.3 Å². The fourth-order valence-electron chi connectivity index (χ4n) is 2.48. The van der Waals surface area contributed by atoms with Crippen molar-refractivity contribution in [3.63, 3.8) is 0 Å². The number of nitrogens with one attached hydrogen (secondary N) is 3. The van der Waals surface area contributed by atoms with Gasteiger partial charge in [-0.25, -0.2) is 4.79 Å². The fraction of sp³-hybridized carbons (Fsp3) is 0.300. The van der Waals surface area contributed by atoms with E-state index < -0.39 is 6.10 Å². The molecule has 26 heavy (non-hydrogen) atoms. The van der Waals surface area contributed by atoms with Crippen molar-refractivity contribution >= 4 is 17.6 Å². The molecule has 3 rings (SSSR count). The summed E-state index contributed by atoms with van der Waals surface area (Å²) in [6, 6.07) is 14.2. The second-order valence-electron chi connectivity index (χ2n) is 6.59. The van der Waals surface area contributed by atoms with E-state index in [0.717, 1.165) is 24.0 Å². The van der Waals surface area contributed by atoms with Gasteiger partial charge in [0.2, 0.25) is 0 Å². The van der Waals surface area contributed by atoms with Gasteiger partial charge in [0, 0.05) is 23.8 Å². The molecule has 2 aromatic carbocycles. The number of anilines is 1. The summed E-state index contributed by atoms with van der Waals surface area (Å²) in [5, 5.41) is 18.4. The monoisotopic (exact) mass is 353 g/mol. The van der Waals surface area contributed by atoms with Gasteiger partial charge in [-0.1, -0.05) is 29.8 Å². The van der Waals surface area contributed by atoms with Crippen LogP contribution in [0.3, 0.4) is 0 Å². The van der Waals surface area contributed by atoms with Crippen LogP contribution in [0.4, 0.5) is 10.5 Å². The summed E-state index contributed by atoms with van der Waals surface area (Å²) in [6.07, 6.45) is 1.30. The quantitative estimate of drug-likeness (QED) is 0.644. The number of rotatable bonds is 6. The van der Waals surface area contributed by atoms with E-state index in [0.29, 0.717) is 17.3 Å². The van der Waals surface area contributed by atoms with Gasteiger partial charge >= 0.3 is 6.03 Å². The number of carbonyl (C=O) groups is 2. The number of urea groups is 1. The molecule has 3 amide bonds. The smallest absolute Gasteiger partial charge is 0.319 e. The van der Waals surface area contributed by atoms with E-state index in [1.807, 2.05) is 31.2 Å². The van der Waals surface area contributed by atoms with Crippen molar-refractivity contribution in [2.45, 2.75) is 31.9 Å². The predicted octanol–water partition coefficient (Wildman–Crippen LogP) is 2.74. The first-order chi connectivity index (χ1) is 12.5. The maximum atomic E-state index is 12.2. The minimum absolute atomic E-state index is 0.131. The third kappa shape index (κ3) is 5.07. The van der Waals surface area contributed by atoms with Gasteiger partial charge in [0.25, 0.3) is 5.91 Å². The van der Waals surface area contributed by atoms with Gasteiger partial charge < -0.3 is 21.1 Å². The molecule has 2 aromatic rings. The molecule has 136 valence electrons. The zero-order valence-electron chi connectivity index (χ0n) is 14.7. The van der Waals surface area contributed by atoms with E-state index in [-0.39, 0.29) is 18.5 Å². The predicted molar refractivity (Wildman–Crippen MR) is 100 cm³/mol. The van der Waals surface area contributed by atoms with Crippen LogP contribution in [0.5, 0.6) is 0 Å². The zero-order valence-corrected chi connectivity index (χ0v) is 14.7. The second kappa shape index (κ2) is 8.01. The zero-order chi connectivity index (χ0) is 18.5. The number of benzene rings is 2. The summed E-state index contributed by atoms with van der Waals surface area (Å²) >= 11 is 0. The molecule has 4 N–H and O–H groups in total. The minimum atomic E-state index is -0.758. The van der Waals surface area contributed by atoms with E-state index in [4.69, 9.17) is 0 Å². The van der Waals surface area contributed by atoms with Crippen molar-refractivity contribution < 1.29 is 14.7 Å². The summed E-state index contributed by atoms with van der Waals surface area (Å²) in [5.41, 5.74) is 2.97. The third-order valence-corrected chi connectivity index (χ3v) is 4.24. The highest BCUT2D eigenvalue weighted by atomic mass is 16.3. The third-order valence-electron chi connectivity index (χ3n) is 4.24. The van der Waals surface area contributed by atoms with Gasteiger partial charge in [0.15, 0.2) is 0 Å². The molecule has 1 fully saturated rings. The van der Waals surface area contributed by atoms with Crippen LogP contribution in [0.1, 0.15) is 40.4 Å². The fourth-order valence-corrected chi connectivity index (χ4v) is 2.48. The molecule has 1 atom stereocenters. The average Bonchev–Trinajstić information content (AvgIpc) is 3.44. The maximum Gasteiger partial charge on any atom is 0.319 e. The number of hydrogen-bond donors (Lipinski definition) is 4. The normalized spacial score (nSPS) is 14.4. The van der Waals surface area contributed by atoms with Crippen molar-refractivity contribution in [1.82, 2.24) is 10.6 Å². The lowest BCUT2D eigenvalue weighted by atomic mass is 10.1. The van der Waals surface area contributed by atoms with E-state index in [9.17, 15) is 14.7 Å². The van der Waals surface area contributed by atoms with Crippen LogP contribution in [0.2, 0.25) is 0 Å². The molecule has 0 saturated heterocycles. The Hall–Kier alpha value is -2.86. The topological polar surface area (TPSA) is 90.5 Å². The highest BCUT2D eigenvalue weighted by molar-refractivity contribution is 5.95. The lowest BCUT2D eigenvalue weighted by molar-refractivity contribution is 0.0916. The molecule has 0 bridgehead atoms. The molecule has 0 spiro atoms. The molecule has 6 heteroatoms. The number of aliphatic hydroxyl groups is 1. The standard InChI is InChI=1S/C20H23N3O3/c1-13-2-4-14(5-3-13)18(24)12-21-19(25)15-6-8-16(9-7-15)22-20(26)23-17-10-11-17/h2-9,17-18,24H,10-12H2,1H3,(H,21,25)(H2,22,23,26). The first-order valence-electron chi connectivity index (χ1n) is 8.71. The Bertz CT molecular complexity index is 768. The second-order valence-corrected chi connectivity index (χ2v) is 6.59. The van der Waals surface area contributed by atoms with Gasteiger partial charge in [0.1, 0.15) is 0 Å². The van der Waals surface area contributed by atoms with Crippen molar-refractivity contribution in [2.24, 2.45) is 0 Å². The van der Waals surface area contributed by atoms with E-state index >= 15 is 0 Å². The molecule has 6 nitrogen and oxygen atoms in total. The molecule has 0 aliphatic heterocycles. The Morgan fingerprint density at radius 2 is 1.73 bits per heavy atom. The van der Waals surface area contributed by atoms with E-state index in [2.05, 4.69) is 16.0 Å². The van der Waals surface area contributed by atoms with Gasteiger partial charge in [0.05, 0.1) is 6.10 Å². The molecule has 1 aliphatic carbocycles. The van der Waals surface area contributed by atoms with Crippen LogP contribution >= 0.6 is 0 Å². The summed E-state index contributed by atoms with van der Waals surface area (Å²) < 4.78 is 0. The molecular weight excluding hydrogens is 330 g/mol. The van der Waals surface area contributed by atoms with Crippen LogP contribution in [0.25, 0.3) is 0 Å². The first-order valence-corrected chi connectivity index (χ1v) is 8.71. The molecule has 1 saturated carbocycles. The molecule has 0 radical (unpaired) electrons. The number of carbonyl (C=O) groups excluding carboxylic acids is 2. The maximum absolute atomic E-state index is 12.2. The Morgan fingerprint density at radius 1 is 1.08 bits per heavy atom. The molecule has 1 aliphatic rings. The molecule has 0 aromatic heterocycles. The number of hydrogen-bond acceptors (Lipinski definition) is 3. The number of amides is 3. The van der Waals surface area contributed by atoms with Crippen molar-refractivity contribution in [2.75, 3.05) is 11.9 Å². The Morgan fingerprint density at radius 3 is 2.35 bits per heavy atom. The van der Waals surface area contributed by atoms with Crippen LogP contribution in [0.15, 0.2) is 48.5 Å². The number of aryl methyl sites for hydroxylation is 1. The van der Waals surface area contributed by atoms with Gasteiger partial charge in [-0.2, -0.15) is 0 Å². The highest BCUT2D eigenvalue weighted by Crippen LogP contribution is 2.19. The SMILES string of the molecule is Cc1ccc(C(O)CNC(=O)c2ccc(NC(=O)NC3CC3)cc2)cc1. The molecular formula is C20H23N3O3. The van der Waals surface area contributed by atoms with E-state index in [1.165, 1.54) is 0 Å². The Labute approximate surface area is 152 Å². The van der Waals surface area contributed by atoms with Gasteiger partial charge in [-0.3, -0.25) is 4.79 Å². The van der Waals surface area contributed by atoms with Crippen molar-refractivity contribution in [3.8, 4) is 0 Å². The van der Waals surface area contributed by atoms with Gasteiger partial charge in [-0.05, 0) is 49.6 Å². The molecule has 0 heterocycles. The average molecular weight is 353 g/mol. The van der Waals surface area contributed by atoms with Crippen LogP contribution < -0.4 is 16.0 Å². The Kier molecular flexibility index (Phi) is 5.53. The summed E-state index contributed by atoms with van der Waals surface area (Å²) in [7, 11) is 0. The van der Waals surface area contributed by atoms with Crippen molar-refractivity contribution in [3.05, 3.63) is 65.2 Å². The largest absolute Gasteiger partial charge is 0.387 e. The van der Waals surface area contributed by atoms with Gasteiger partial charge in [-0.15, -0.1) is 0 Å². The highest BCUT2D eigenvalue weighted by Gasteiger charge is 2.23.